The second-order valence-corrected chi connectivity index (χ2v) is 8.76. The molecule has 2 aromatic carbocycles. The van der Waals surface area contributed by atoms with Crippen LogP contribution in [0, 0.1) is 0 Å². The number of ketones is 1. The summed E-state index contributed by atoms with van der Waals surface area (Å²) in [7, 11) is 1.58. The lowest BCUT2D eigenvalue weighted by Crippen LogP contribution is -2.21. The van der Waals surface area contributed by atoms with Crippen LogP contribution in [0.25, 0.3) is 15.9 Å². The quantitative estimate of drug-likeness (QED) is 0.213. The predicted octanol–water partition coefficient (Wildman–Crippen LogP) is 5.19. The smallest absolute Gasteiger partial charge is 0.267 e. The molecule has 0 spiro atoms. The molecule has 4 aromatic rings. The highest BCUT2D eigenvalue weighted by Gasteiger charge is 2.16. The predicted molar refractivity (Wildman–Crippen MR) is 121 cm³/mol. The molecule has 0 bridgehead atoms. The van der Waals surface area contributed by atoms with E-state index in [1.807, 2.05) is 35.7 Å². The Labute approximate surface area is 183 Å². The number of halogens is 1. The highest BCUT2D eigenvalue weighted by molar-refractivity contribution is 9.10. The molecule has 2 heterocycles. The zero-order valence-electron chi connectivity index (χ0n) is 15.3. The number of nitrogens with zero attached hydrogens (tertiary/aromatic N) is 2. The molecule has 5 nitrogen and oxygen atoms in total. The van der Waals surface area contributed by atoms with Crippen LogP contribution in [0.5, 0.6) is 5.75 Å². The molecule has 0 radical (unpaired) electrons. The summed E-state index contributed by atoms with van der Waals surface area (Å²) in [6.45, 7) is 0. The molecule has 0 amide bonds. The van der Waals surface area contributed by atoms with Gasteiger partial charge in [0.05, 0.1) is 28.4 Å². The molecule has 146 valence electrons. The lowest BCUT2D eigenvalue weighted by Gasteiger charge is -2.12. The third kappa shape index (κ3) is 4.01. The van der Waals surface area contributed by atoms with Crippen molar-refractivity contribution in [1.29, 1.82) is 0 Å². The average molecular weight is 487 g/mol. The molecule has 0 saturated heterocycles. The first-order valence-corrected chi connectivity index (χ1v) is 11.3. The van der Waals surface area contributed by atoms with Crippen molar-refractivity contribution in [1.82, 2.24) is 9.55 Å². The molecular formula is C21H15BrN2O3S2. The fourth-order valence-electron chi connectivity index (χ4n) is 2.85. The zero-order valence-corrected chi connectivity index (χ0v) is 18.5. The first-order chi connectivity index (χ1) is 14.1. The monoisotopic (exact) mass is 486 g/mol. The molecule has 0 fully saturated rings. The van der Waals surface area contributed by atoms with E-state index in [1.54, 1.807) is 35.9 Å². The Kier molecular flexibility index (Phi) is 5.84. The summed E-state index contributed by atoms with van der Waals surface area (Å²) in [6, 6.07) is 16.3. The molecule has 0 N–H and O–H groups in total. The van der Waals surface area contributed by atoms with Crippen molar-refractivity contribution in [2.75, 3.05) is 12.9 Å². The molecule has 0 aliphatic heterocycles. The number of para-hydroxylation sites is 1. The van der Waals surface area contributed by atoms with Gasteiger partial charge >= 0.3 is 0 Å². The Morgan fingerprint density at radius 3 is 2.72 bits per heavy atom. The number of fused-ring (bicyclic) bond motifs is 1. The van der Waals surface area contributed by atoms with Crippen LogP contribution in [0.1, 0.15) is 10.4 Å². The van der Waals surface area contributed by atoms with E-state index >= 15 is 0 Å². The van der Waals surface area contributed by atoms with Gasteiger partial charge < -0.3 is 4.74 Å². The van der Waals surface area contributed by atoms with Gasteiger partial charge in [-0.15, -0.1) is 11.3 Å². The van der Waals surface area contributed by atoms with Gasteiger partial charge in [0.1, 0.15) is 10.6 Å². The number of benzene rings is 2. The number of ether oxygens (including phenoxy) is 1. The Bertz CT molecular complexity index is 1250. The van der Waals surface area contributed by atoms with Gasteiger partial charge in [-0.1, -0.05) is 30.0 Å². The largest absolute Gasteiger partial charge is 0.496 e. The number of aromatic nitrogens is 2. The van der Waals surface area contributed by atoms with Gasteiger partial charge in [-0.2, -0.15) is 0 Å². The van der Waals surface area contributed by atoms with E-state index < -0.39 is 0 Å². The molecule has 4 rings (SSSR count). The van der Waals surface area contributed by atoms with Crippen molar-refractivity contribution in [3.8, 4) is 11.4 Å². The summed E-state index contributed by atoms with van der Waals surface area (Å²) < 4.78 is 7.49. The van der Waals surface area contributed by atoms with Crippen LogP contribution in [-0.2, 0) is 0 Å². The van der Waals surface area contributed by atoms with Crippen molar-refractivity contribution in [2.24, 2.45) is 0 Å². The standard InChI is InChI=1S/C21H15BrN2O3S2/c1-27-18-8-7-13(11-16(18)22)17(25)12-29-21-23-19-15(9-10-28-19)20(26)24(21)14-5-3-2-4-6-14/h2-11H,12H2,1H3. The molecule has 0 unspecified atom stereocenters. The number of rotatable bonds is 6. The SMILES string of the molecule is COc1ccc(C(=O)CSc2nc3sccc3c(=O)n2-c2ccccc2)cc1Br. The Morgan fingerprint density at radius 1 is 1.21 bits per heavy atom. The Balaban J connectivity index is 1.68. The van der Waals surface area contributed by atoms with Gasteiger partial charge in [-0.05, 0) is 57.7 Å². The summed E-state index contributed by atoms with van der Waals surface area (Å²) >= 11 is 6.07. The number of hydrogen-bond acceptors (Lipinski definition) is 6. The molecule has 8 heteroatoms. The lowest BCUT2D eigenvalue weighted by atomic mass is 10.1. The second kappa shape index (κ2) is 8.52. The van der Waals surface area contributed by atoms with E-state index in [0.717, 1.165) is 10.2 Å². The van der Waals surface area contributed by atoms with Gasteiger partial charge in [-0.3, -0.25) is 14.2 Å². The van der Waals surface area contributed by atoms with Gasteiger partial charge in [-0.25, -0.2) is 4.98 Å². The van der Waals surface area contributed by atoms with Crippen molar-refractivity contribution in [2.45, 2.75) is 5.16 Å². The minimum atomic E-state index is -0.135. The Hall–Kier alpha value is -2.42. The number of thioether (sulfide) groups is 1. The number of hydrogen-bond donors (Lipinski definition) is 0. The fraction of sp³-hybridized carbons (Fsp3) is 0.0952. The van der Waals surface area contributed by atoms with Crippen molar-refractivity contribution < 1.29 is 9.53 Å². The summed E-state index contributed by atoms with van der Waals surface area (Å²) in [5.74, 6) is 0.769. The number of Topliss-reactive ketones (excluding diaryl/α,β-unsaturated/α-hetero) is 1. The summed E-state index contributed by atoms with van der Waals surface area (Å²) in [5, 5.41) is 2.92. The highest BCUT2D eigenvalue weighted by atomic mass is 79.9. The maximum Gasteiger partial charge on any atom is 0.267 e. The van der Waals surface area contributed by atoms with Crippen LogP contribution in [-0.4, -0.2) is 28.2 Å². The molecular weight excluding hydrogens is 472 g/mol. The minimum absolute atomic E-state index is 0.0570. The second-order valence-electron chi connectivity index (χ2n) is 6.07. The van der Waals surface area contributed by atoms with Crippen LogP contribution in [0.15, 0.2) is 74.4 Å². The zero-order chi connectivity index (χ0) is 20.4. The average Bonchev–Trinajstić information content (AvgIpc) is 3.21. The molecule has 0 saturated carbocycles. The van der Waals surface area contributed by atoms with E-state index in [4.69, 9.17) is 4.74 Å². The minimum Gasteiger partial charge on any atom is -0.496 e. The van der Waals surface area contributed by atoms with E-state index in [0.29, 0.717) is 26.7 Å². The molecule has 29 heavy (non-hydrogen) atoms. The summed E-state index contributed by atoms with van der Waals surface area (Å²) in [6.07, 6.45) is 0. The third-order valence-electron chi connectivity index (χ3n) is 4.29. The molecule has 2 aromatic heterocycles. The number of carbonyl (C=O) groups is 1. The van der Waals surface area contributed by atoms with Gasteiger partial charge in [0.25, 0.3) is 5.56 Å². The number of carbonyl (C=O) groups excluding carboxylic acids is 1. The van der Waals surface area contributed by atoms with Gasteiger partial charge in [0.15, 0.2) is 10.9 Å². The summed E-state index contributed by atoms with van der Waals surface area (Å²) in [4.78, 5) is 31.1. The lowest BCUT2D eigenvalue weighted by molar-refractivity contribution is 0.102. The van der Waals surface area contributed by atoms with E-state index in [2.05, 4.69) is 20.9 Å². The van der Waals surface area contributed by atoms with Crippen LogP contribution in [0.4, 0.5) is 0 Å². The first-order valence-electron chi connectivity index (χ1n) is 8.63. The Morgan fingerprint density at radius 2 is 2.00 bits per heavy atom. The van der Waals surface area contributed by atoms with Crippen LogP contribution in [0.3, 0.4) is 0 Å². The third-order valence-corrected chi connectivity index (χ3v) is 6.65. The topological polar surface area (TPSA) is 61.2 Å². The summed E-state index contributed by atoms with van der Waals surface area (Å²) in [5.41, 5.74) is 1.15. The van der Waals surface area contributed by atoms with Crippen molar-refractivity contribution in [3.63, 3.8) is 0 Å². The van der Waals surface area contributed by atoms with Gasteiger partial charge in [0.2, 0.25) is 0 Å². The van der Waals surface area contributed by atoms with E-state index in [1.165, 1.54) is 23.1 Å². The fourth-order valence-corrected chi connectivity index (χ4v) is 5.10. The molecule has 0 atom stereocenters. The maximum absolute atomic E-state index is 13.1. The molecule has 0 aliphatic rings. The number of methoxy groups -OCH3 is 1. The first kappa shape index (κ1) is 19.9. The van der Waals surface area contributed by atoms with Gasteiger partial charge in [0, 0.05) is 5.56 Å². The van der Waals surface area contributed by atoms with E-state index in [-0.39, 0.29) is 17.1 Å². The van der Waals surface area contributed by atoms with Crippen LogP contribution >= 0.6 is 39.0 Å². The van der Waals surface area contributed by atoms with Crippen LogP contribution in [0.2, 0.25) is 0 Å². The maximum atomic E-state index is 13.1. The van der Waals surface area contributed by atoms with E-state index in [9.17, 15) is 9.59 Å². The highest BCUT2D eigenvalue weighted by Crippen LogP contribution is 2.28. The molecule has 0 aliphatic carbocycles. The number of thiophene rings is 1. The van der Waals surface area contributed by atoms with Crippen LogP contribution < -0.4 is 10.3 Å². The van der Waals surface area contributed by atoms with Crippen molar-refractivity contribution >= 4 is 55.0 Å². The normalized spacial score (nSPS) is 11.0. The van der Waals surface area contributed by atoms with Crippen molar-refractivity contribution in [3.05, 3.63) is 80.4 Å².